The molecule has 0 aromatic heterocycles. The lowest BCUT2D eigenvalue weighted by Crippen LogP contribution is -2.19. The Kier molecular flexibility index (Phi) is 5.99. The summed E-state index contributed by atoms with van der Waals surface area (Å²) in [6, 6.07) is 20.1. The summed E-state index contributed by atoms with van der Waals surface area (Å²) in [5, 5.41) is 16.6. The summed E-state index contributed by atoms with van der Waals surface area (Å²) in [5.41, 5.74) is 2.47. The molecule has 0 aliphatic carbocycles. The van der Waals surface area contributed by atoms with E-state index < -0.39 is 10.8 Å². The fourth-order valence-corrected chi connectivity index (χ4v) is 2.92. The number of amides is 2. The molecule has 0 unspecified atom stereocenters. The van der Waals surface area contributed by atoms with Crippen molar-refractivity contribution in [1.82, 2.24) is 0 Å². The average molecular weight is 389 g/mol. The van der Waals surface area contributed by atoms with Gasteiger partial charge in [0.2, 0.25) is 5.91 Å². The number of carbonyl (C=O) groups excluding carboxylic acids is 2. The quantitative estimate of drug-likeness (QED) is 0.484. The third kappa shape index (κ3) is 5.04. The molecule has 0 aliphatic heterocycles. The van der Waals surface area contributed by atoms with Crippen LogP contribution >= 0.6 is 0 Å². The third-order valence-electron chi connectivity index (χ3n) is 4.26. The van der Waals surface area contributed by atoms with Crippen LogP contribution in [0.1, 0.15) is 21.5 Å². The zero-order valence-corrected chi connectivity index (χ0v) is 15.7. The number of carbonyl (C=O) groups is 2. The Hall–Kier alpha value is -4.00. The van der Waals surface area contributed by atoms with Crippen LogP contribution in [0, 0.1) is 17.0 Å². The van der Waals surface area contributed by atoms with Gasteiger partial charge in [-0.05, 0) is 36.8 Å². The number of aryl methyl sites for hydroxylation is 1. The first kappa shape index (κ1) is 19.8. The van der Waals surface area contributed by atoms with E-state index in [9.17, 15) is 19.7 Å². The van der Waals surface area contributed by atoms with E-state index in [1.165, 1.54) is 12.1 Å². The molecule has 2 amide bonds. The molecule has 3 aromatic carbocycles. The van der Waals surface area contributed by atoms with Crippen LogP contribution < -0.4 is 10.6 Å². The molecule has 3 rings (SSSR count). The van der Waals surface area contributed by atoms with Gasteiger partial charge in [0.15, 0.2) is 0 Å². The van der Waals surface area contributed by atoms with Gasteiger partial charge in [-0.3, -0.25) is 19.7 Å². The van der Waals surface area contributed by atoms with E-state index in [2.05, 4.69) is 10.6 Å². The average Bonchev–Trinajstić information content (AvgIpc) is 2.68. The van der Waals surface area contributed by atoms with Crippen LogP contribution in [-0.2, 0) is 11.2 Å². The van der Waals surface area contributed by atoms with Gasteiger partial charge in [0.05, 0.1) is 22.6 Å². The normalized spacial score (nSPS) is 10.2. The molecule has 0 radical (unpaired) electrons. The Morgan fingerprint density at radius 3 is 2.41 bits per heavy atom. The highest BCUT2D eigenvalue weighted by Crippen LogP contribution is 2.21. The predicted molar refractivity (Wildman–Crippen MR) is 111 cm³/mol. The summed E-state index contributed by atoms with van der Waals surface area (Å²) in [4.78, 5) is 35.7. The number of hydrogen-bond donors (Lipinski definition) is 2. The fraction of sp³-hybridized carbons (Fsp3) is 0.0909. The lowest BCUT2D eigenvalue weighted by molar-refractivity contribution is -0.385. The van der Waals surface area contributed by atoms with Gasteiger partial charge < -0.3 is 10.6 Å². The highest BCUT2D eigenvalue weighted by atomic mass is 16.6. The maximum Gasteiger partial charge on any atom is 0.273 e. The molecule has 0 spiro atoms. The molecule has 0 heterocycles. The van der Waals surface area contributed by atoms with Crippen molar-refractivity contribution in [2.75, 3.05) is 10.6 Å². The molecule has 0 fully saturated rings. The Balaban J connectivity index is 1.76. The highest BCUT2D eigenvalue weighted by molar-refractivity contribution is 6.10. The summed E-state index contributed by atoms with van der Waals surface area (Å²) >= 11 is 0. The Bertz CT molecular complexity index is 1080. The molecule has 0 saturated carbocycles. The smallest absolute Gasteiger partial charge is 0.273 e. The lowest BCUT2D eigenvalue weighted by Gasteiger charge is -2.12. The van der Waals surface area contributed by atoms with Gasteiger partial charge in [-0.25, -0.2) is 0 Å². The number of anilines is 2. The zero-order valence-electron chi connectivity index (χ0n) is 15.7. The lowest BCUT2D eigenvalue weighted by atomic mass is 10.1. The second kappa shape index (κ2) is 8.79. The van der Waals surface area contributed by atoms with Crippen molar-refractivity contribution in [3.8, 4) is 0 Å². The van der Waals surface area contributed by atoms with Crippen LogP contribution in [0.3, 0.4) is 0 Å². The van der Waals surface area contributed by atoms with Crippen LogP contribution in [0.4, 0.5) is 17.1 Å². The van der Waals surface area contributed by atoms with Gasteiger partial charge >= 0.3 is 0 Å². The van der Waals surface area contributed by atoms with E-state index in [1.807, 2.05) is 25.1 Å². The number of nitro benzene ring substituents is 1. The molecule has 0 aliphatic rings. The molecular weight excluding hydrogens is 370 g/mol. The fourth-order valence-electron chi connectivity index (χ4n) is 2.92. The maximum absolute atomic E-state index is 12.7. The van der Waals surface area contributed by atoms with Crippen molar-refractivity contribution in [3.05, 3.63) is 99.6 Å². The highest BCUT2D eigenvalue weighted by Gasteiger charge is 2.18. The van der Waals surface area contributed by atoms with Crippen LogP contribution in [-0.4, -0.2) is 16.7 Å². The Labute approximate surface area is 167 Å². The zero-order chi connectivity index (χ0) is 20.8. The number of para-hydroxylation sites is 2. The third-order valence-corrected chi connectivity index (χ3v) is 4.26. The molecule has 0 bridgehead atoms. The van der Waals surface area contributed by atoms with Gasteiger partial charge in [-0.15, -0.1) is 0 Å². The van der Waals surface area contributed by atoms with E-state index in [0.717, 1.165) is 5.56 Å². The van der Waals surface area contributed by atoms with Crippen molar-refractivity contribution < 1.29 is 14.5 Å². The van der Waals surface area contributed by atoms with Gasteiger partial charge in [0.1, 0.15) is 0 Å². The van der Waals surface area contributed by atoms with Crippen LogP contribution in [0.25, 0.3) is 0 Å². The summed E-state index contributed by atoms with van der Waals surface area (Å²) in [6.45, 7) is 1.92. The monoisotopic (exact) mass is 389 g/mol. The standard InChI is InChI=1S/C22H19N3O4/c1-15-7-6-9-17(13-15)23-22(27)18-10-3-4-11-19(18)24-21(26)14-16-8-2-5-12-20(16)25(28)29/h2-13H,14H2,1H3,(H,23,27)(H,24,26). The molecular formula is C22H19N3O4. The molecule has 29 heavy (non-hydrogen) atoms. The summed E-state index contributed by atoms with van der Waals surface area (Å²) in [7, 11) is 0. The van der Waals surface area contributed by atoms with Crippen LogP contribution in [0.5, 0.6) is 0 Å². The molecule has 0 saturated heterocycles. The minimum absolute atomic E-state index is 0.117. The minimum atomic E-state index is -0.522. The van der Waals surface area contributed by atoms with Gasteiger partial charge in [-0.2, -0.15) is 0 Å². The van der Waals surface area contributed by atoms with Gasteiger partial charge in [0.25, 0.3) is 11.6 Å². The number of benzene rings is 3. The van der Waals surface area contributed by atoms with Crippen LogP contribution in [0.2, 0.25) is 0 Å². The van der Waals surface area contributed by atoms with Gasteiger partial charge in [0, 0.05) is 17.3 Å². The molecule has 146 valence electrons. The minimum Gasteiger partial charge on any atom is -0.325 e. The van der Waals surface area contributed by atoms with E-state index in [4.69, 9.17) is 0 Å². The van der Waals surface area contributed by atoms with E-state index in [-0.39, 0.29) is 18.0 Å². The summed E-state index contributed by atoms with van der Waals surface area (Å²) in [6.07, 6.45) is -0.176. The summed E-state index contributed by atoms with van der Waals surface area (Å²) in [5.74, 6) is -0.813. The maximum atomic E-state index is 12.7. The number of nitro groups is 1. The van der Waals surface area contributed by atoms with Gasteiger partial charge in [-0.1, -0.05) is 42.5 Å². The first-order valence-electron chi connectivity index (χ1n) is 8.93. The van der Waals surface area contributed by atoms with Crippen molar-refractivity contribution >= 4 is 28.9 Å². The number of nitrogens with zero attached hydrogens (tertiary/aromatic N) is 1. The van der Waals surface area contributed by atoms with E-state index in [0.29, 0.717) is 22.5 Å². The molecule has 2 N–H and O–H groups in total. The molecule has 3 aromatic rings. The molecule has 7 heteroatoms. The Morgan fingerprint density at radius 2 is 1.66 bits per heavy atom. The van der Waals surface area contributed by atoms with Crippen molar-refractivity contribution in [3.63, 3.8) is 0 Å². The van der Waals surface area contributed by atoms with Crippen molar-refractivity contribution in [1.29, 1.82) is 0 Å². The topological polar surface area (TPSA) is 101 Å². The number of hydrogen-bond acceptors (Lipinski definition) is 4. The molecule has 0 atom stereocenters. The largest absolute Gasteiger partial charge is 0.325 e. The second-order valence-electron chi connectivity index (χ2n) is 6.48. The van der Waals surface area contributed by atoms with E-state index in [1.54, 1.807) is 42.5 Å². The van der Waals surface area contributed by atoms with Crippen LogP contribution in [0.15, 0.2) is 72.8 Å². The molecule has 7 nitrogen and oxygen atoms in total. The first-order valence-corrected chi connectivity index (χ1v) is 8.93. The van der Waals surface area contributed by atoms with Crippen molar-refractivity contribution in [2.24, 2.45) is 0 Å². The first-order chi connectivity index (χ1) is 13.9. The number of rotatable bonds is 6. The second-order valence-corrected chi connectivity index (χ2v) is 6.48. The SMILES string of the molecule is Cc1cccc(NC(=O)c2ccccc2NC(=O)Cc2ccccc2[N+](=O)[O-])c1. The van der Waals surface area contributed by atoms with E-state index >= 15 is 0 Å². The Morgan fingerprint density at radius 1 is 0.931 bits per heavy atom. The number of nitrogens with one attached hydrogen (secondary N) is 2. The van der Waals surface area contributed by atoms with Crippen molar-refractivity contribution in [2.45, 2.75) is 13.3 Å². The predicted octanol–water partition coefficient (Wildman–Crippen LogP) is 4.34. The summed E-state index contributed by atoms with van der Waals surface area (Å²) < 4.78 is 0.